The Kier molecular flexibility index (Phi) is 8.07. The fraction of sp³-hybridized carbons (Fsp3) is 0.423. The highest BCUT2D eigenvalue weighted by atomic mass is 16.5. The number of nitrogens with zero attached hydrogens (tertiary/aromatic N) is 3. The Bertz CT molecular complexity index is 1130. The second kappa shape index (κ2) is 11.4. The van der Waals surface area contributed by atoms with Crippen molar-refractivity contribution < 1.29 is 23.8 Å². The molecule has 2 N–H and O–H groups in total. The maximum absolute atomic E-state index is 12.6. The maximum Gasteiger partial charge on any atom is 0.337 e. The molecule has 0 saturated carbocycles. The molecule has 2 aromatic carbocycles. The Labute approximate surface area is 211 Å². The van der Waals surface area contributed by atoms with Gasteiger partial charge in [-0.1, -0.05) is 12.1 Å². The summed E-state index contributed by atoms with van der Waals surface area (Å²) in [7, 11) is 4.77. The van der Waals surface area contributed by atoms with Crippen LogP contribution in [0.3, 0.4) is 0 Å². The maximum atomic E-state index is 12.6. The van der Waals surface area contributed by atoms with Crippen molar-refractivity contribution >= 4 is 23.3 Å². The monoisotopic (exact) mass is 495 g/mol. The van der Waals surface area contributed by atoms with Crippen LogP contribution in [0, 0.1) is 0 Å². The molecule has 1 unspecified atom stereocenters. The third-order valence-corrected chi connectivity index (χ3v) is 6.34. The van der Waals surface area contributed by atoms with E-state index in [0.29, 0.717) is 49.1 Å². The number of hydrogen-bond acceptors (Lipinski definition) is 7. The van der Waals surface area contributed by atoms with Crippen LogP contribution in [0.2, 0.25) is 0 Å². The molecule has 1 atom stereocenters. The van der Waals surface area contributed by atoms with Gasteiger partial charge in [0, 0.05) is 37.0 Å². The second-order valence-electron chi connectivity index (χ2n) is 8.78. The van der Waals surface area contributed by atoms with Gasteiger partial charge in [-0.15, -0.1) is 0 Å². The molecule has 0 aromatic heterocycles. The summed E-state index contributed by atoms with van der Waals surface area (Å²) in [4.78, 5) is 27.2. The molecule has 10 nitrogen and oxygen atoms in total. The molecule has 1 saturated heterocycles. The molecule has 3 amide bonds. The fourth-order valence-electron chi connectivity index (χ4n) is 4.42. The van der Waals surface area contributed by atoms with Gasteiger partial charge in [0.25, 0.3) is 0 Å². The molecule has 2 heterocycles. The number of anilines is 1. The number of rotatable bonds is 6. The molecule has 0 radical (unpaired) electrons. The highest BCUT2D eigenvalue weighted by Crippen LogP contribution is 2.34. The summed E-state index contributed by atoms with van der Waals surface area (Å²) in [6.45, 7) is 5.07. The van der Waals surface area contributed by atoms with Gasteiger partial charge in [0.2, 0.25) is 5.91 Å². The van der Waals surface area contributed by atoms with Crippen molar-refractivity contribution in [3.8, 4) is 11.5 Å². The van der Waals surface area contributed by atoms with Crippen LogP contribution in [0.1, 0.15) is 23.6 Å². The van der Waals surface area contributed by atoms with E-state index in [2.05, 4.69) is 15.5 Å². The van der Waals surface area contributed by atoms with E-state index in [0.717, 1.165) is 29.8 Å². The van der Waals surface area contributed by atoms with Gasteiger partial charge in [0.05, 0.1) is 45.7 Å². The lowest BCUT2D eigenvalue weighted by Gasteiger charge is -2.25. The van der Waals surface area contributed by atoms with Gasteiger partial charge in [-0.2, -0.15) is 5.10 Å². The molecule has 2 aromatic rings. The zero-order chi connectivity index (χ0) is 25.7. The minimum Gasteiger partial charge on any atom is -0.493 e. The summed E-state index contributed by atoms with van der Waals surface area (Å²) < 4.78 is 16.4. The van der Waals surface area contributed by atoms with E-state index in [1.54, 1.807) is 21.3 Å². The first-order valence-corrected chi connectivity index (χ1v) is 12.0. The first-order valence-electron chi connectivity index (χ1n) is 12.0. The number of morpholine rings is 1. The van der Waals surface area contributed by atoms with E-state index >= 15 is 0 Å². The number of amides is 3. The molecule has 2 aliphatic heterocycles. The Balaban J connectivity index is 1.64. The first-order chi connectivity index (χ1) is 17.4. The van der Waals surface area contributed by atoms with Crippen molar-refractivity contribution in [3.05, 3.63) is 53.1 Å². The molecule has 10 heteroatoms. The van der Waals surface area contributed by atoms with Crippen molar-refractivity contribution in [2.75, 3.05) is 59.4 Å². The van der Waals surface area contributed by atoms with E-state index in [4.69, 9.17) is 19.3 Å². The van der Waals surface area contributed by atoms with Crippen LogP contribution in [0.15, 0.2) is 41.5 Å². The number of methoxy groups -OCH3 is 2. The van der Waals surface area contributed by atoms with E-state index in [1.807, 2.05) is 43.3 Å². The zero-order valence-corrected chi connectivity index (χ0v) is 21.2. The number of benzene rings is 2. The number of carbonyl (C=O) groups excluding carboxylic acids is 2. The number of urea groups is 1. The lowest BCUT2D eigenvalue weighted by molar-refractivity contribution is -0.118. The number of carbonyl (C=O) groups is 2. The molecule has 0 spiro atoms. The number of fused-ring (bicyclic) bond motifs is 1. The van der Waals surface area contributed by atoms with E-state index in [9.17, 15) is 9.59 Å². The standard InChI is InChI=1S/C26H33N5O5/c1-17-13-19-14-22(34-3)23(35-4)15-21(19)25(29-31(17)26(33)27-2)18-5-7-20(8-6-18)28-24(32)16-30-9-11-36-12-10-30/h5-8,14-15,17H,9-13,16H2,1-4H3,(H,27,33)(H,28,32). The zero-order valence-electron chi connectivity index (χ0n) is 21.2. The minimum absolute atomic E-state index is 0.0711. The average Bonchev–Trinajstić information content (AvgIpc) is 3.03. The van der Waals surface area contributed by atoms with Crippen LogP contribution in [0.25, 0.3) is 0 Å². The van der Waals surface area contributed by atoms with E-state index < -0.39 is 0 Å². The van der Waals surface area contributed by atoms with E-state index in [-0.39, 0.29) is 18.0 Å². The van der Waals surface area contributed by atoms with Crippen LogP contribution < -0.4 is 20.1 Å². The predicted molar refractivity (Wildman–Crippen MR) is 137 cm³/mol. The molecule has 36 heavy (non-hydrogen) atoms. The molecule has 0 bridgehead atoms. The lowest BCUT2D eigenvalue weighted by atomic mass is 9.94. The predicted octanol–water partition coefficient (Wildman–Crippen LogP) is 2.31. The number of nitrogens with one attached hydrogen (secondary N) is 2. The summed E-state index contributed by atoms with van der Waals surface area (Å²) in [6, 6.07) is 10.8. The quantitative estimate of drug-likeness (QED) is 0.637. The third-order valence-electron chi connectivity index (χ3n) is 6.34. The Morgan fingerprint density at radius 3 is 2.39 bits per heavy atom. The minimum atomic E-state index is -0.293. The molecule has 1 fully saturated rings. The van der Waals surface area contributed by atoms with Crippen LogP contribution in [-0.4, -0.2) is 87.7 Å². The molecule has 192 valence electrons. The molecule has 4 rings (SSSR count). The Morgan fingerprint density at radius 1 is 1.08 bits per heavy atom. The van der Waals surface area contributed by atoms with Crippen LogP contribution in [-0.2, 0) is 16.0 Å². The van der Waals surface area contributed by atoms with Gasteiger partial charge in [0.15, 0.2) is 11.5 Å². The van der Waals surface area contributed by atoms with E-state index in [1.165, 1.54) is 5.01 Å². The van der Waals surface area contributed by atoms with Crippen molar-refractivity contribution in [2.24, 2.45) is 5.10 Å². The van der Waals surface area contributed by atoms with Gasteiger partial charge in [0.1, 0.15) is 0 Å². The first kappa shape index (κ1) is 25.5. The van der Waals surface area contributed by atoms with Crippen LogP contribution >= 0.6 is 0 Å². The van der Waals surface area contributed by atoms with Crippen molar-refractivity contribution in [3.63, 3.8) is 0 Å². The summed E-state index contributed by atoms with van der Waals surface area (Å²) in [5.41, 5.74) is 3.97. The lowest BCUT2D eigenvalue weighted by Crippen LogP contribution is -2.41. The summed E-state index contributed by atoms with van der Waals surface area (Å²) in [5, 5.41) is 11.9. The molecular formula is C26H33N5O5. The SMILES string of the molecule is CNC(=O)N1N=C(c2ccc(NC(=O)CN3CCOCC3)cc2)c2cc(OC)c(OC)cc2CC1C. The van der Waals surface area contributed by atoms with Gasteiger partial charge in [-0.3, -0.25) is 9.69 Å². The Hall–Kier alpha value is -3.63. The van der Waals surface area contributed by atoms with Crippen molar-refractivity contribution in [1.29, 1.82) is 0 Å². The largest absolute Gasteiger partial charge is 0.493 e. The number of hydrazone groups is 1. The summed E-state index contributed by atoms with van der Waals surface area (Å²) in [6.07, 6.45) is 0.589. The Morgan fingerprint density at radius 2 is 1.75 bits per heavy atom. The second-order valence-corrected chi connectivity index (χ2v) is 8.78. The normalized spacial score (nSPS) is 17.9. The van der Waals surface area contributed by atoms with Crippen LogP contribution in [0.5, 0.6) is 11.5 Å². The topological polar surface area (TPSA) is 105 Å². The fourth-order valence-corrected chi connectivity index (χ4v) is 4.42. The van der Waals surface area contributed by atoms with Crippen LogP contribution in [0.4, 0.5) is 10.5 Å². The highest BCUT2D eigenvalue weighted by molar-refractivity contribution is 6.14. The average molecular weight is 496 g/mol. The van der Waals surface area contributed by atoms with Gasteiger partial charge in [-0.05, 0) is 43.2 Å². The molecule has 0 aliphatic carbocycles. The third kappa shape index (κ3) is 5.60. The van der Waals surface area contributed by atoms with Gasteiger partial charge in [-0.25, -0.2) is 9.80 Å². The number of hydrogen-bond donors (Lipinski definition) is 2. The smallest absolute Gasteiger partial charge is 0.337 e. The van der Waals surface area contributed by atoms with Crippen molar-refractivity contribution in [2.45, 2.75) is 19.4 Å². The summed E-state index contributed by atoms with van der Waals surface area (Å²) in [5.74, 6) is 1.13. The highest BCUT2D eigenvalue weighted by Gasteiger charge is 2.28. The molecule has 2 aliphatic rings. The number of ether oxygens (including phenoxy) is 3. The van der Waals surface area contributed by atoms with Gasteiger partial charge < -0.3 is 24.8 Å². The van der Waals surface area contributed by atoms with Crippen molar-refractivity contribution in [1.82, 2.24) is 15.2 Å². The summed E-state index contributed by atoms with van der Waals surface area (Å²) >= 11 is 0. The molecular weight excluding hydrogens is 462 g/mol. The van der Waals surface area contributed by atoms with Gasteiger partial charge >= 0.3 is 6.03 Å².